The Kier molecular flexibility index (Phi) is 7.37. The number of hydrogen-bond acceptors (Lipinski definition) is 2. The molecule has 4 heteroatoms. The van der Waals surface area contributed by atoms with Crippen LogP contribution < -0.4 is 15.6 Å². The molecule has 0 spiro atoms. The first-order valence-corrected chi connectivity index (χ1v) is 18.9. The molecule has 2 nitrogen and oxygen atoms in total. The molecule has 0 amide bonds. The smallest absolute Gasteiger partial charge is 0.288 e. The van der Waals surface area contributed by atoms with Crippen molar-refractivity contribution in [2.24, 2.45) is 34.5 Å². The van der Waals surface area contributed by atoms with Gasteiger partial charge in [-0.25, -0.2) is 0 Å². The van der Waals surface area contributed by atoms with Gasteiger partial charge in [-0.05, 0) is 101 Å². The first kappa shape index (κ1) is 28.1. The van der Waals surface area contributed by atoms with Crippen LogP contribution in [-0.4, -0.2) is 30.5 Å². The Morgan fingerprint density at radius 3 is 1.73 bits per heavy atom. The largest absolute Gasteiger partial charge is 0.401 e. The van der Waals surface area contributed by atoms with E-state index in [1.54, 1.807) is 0 Å². The first-order chi connectivity index (χ1) is 19.9. The molecule has 3 aromatic carbocycles. The number of benzene rings is 3. The fourth-order valence-electron chi connectivity index (χ4n) is 10.3. The highest BCUT2D eigenvalue weighted by molar-refractivity contribution is 9.09. The Balaban J connectivity index is 1.23. The molecule has 0 aromatic heterocycles. The van der Waals surface area contributed by atoms with Gasteiger partial charge in [0, 0.05) is 10.9 Å². The van der Waals surface area contributed by atoms with Gasteiger partial charge in [0.05, 0.1) is 6.10 Å². The van der Waals surface area contributed by atoms with E-state index in [9.17, 15) is 5.11 Å². The summed E-state index contributed by atoms with van der Waals surface area (Å²) < 4.78 is 7.64. The minimum absolute atomic E-state index is 0.138. The lowest BCUT2D eigenvalue weighted by Gasteiger charge is -2.62. The van der Waals surface area contributed by atoms with Crippen molar-refractivity contribution in [3.05, 3.63) is 91.0 Å². The van der Waals surface area contributed by atoms with Gasteiger partial charge >= 0.3 is 0 Å². The van der Waals surface area contributed by atoms with E-state index >= 15 is 0 Å². The summed E-state index contributed by atoms with van der Waals surface area (Å²) in [6.45, 7) is 5.08. The molecular weight excluding hydrogens is 584 g/mol. The predicted molar refractivity (Wildman–Crippen MR) is 175 cm³/mol. The molecular formula is C37H45BrO2Si. The molecule has 0 radical (unpaired) electrons. The molecule has 216 valence electrons. The van der Waals surface area contributed by atoms with Gasteiger partial charge in [0.25, 0.3) is 8.32 Å². The van der Waals surface area contributed by atoms with Crippen molar-refractivity contribution in [2.75, 3.05) is 0 Å². The summed E-state index contributed by atoms with van der Waals surface area (Å²) in [6.07, 6.45) is 9.36. The second kappa shape index (κ2) is 10.8. The van der Waals surface area contributed by atoms with E-state index in [-0.39, 0.29) is 17.6 Å². The molecule has 7 rings (SSSR count). The number of hydrogen-bond donors (Lipinski definition) is 1. The molecule has 0 bridgehead atoms. The van der Waals surface area contributed by atoms with E-state index in [0.29, 0.717) is 22.1 Å². The van der Waals surface area contributed by atoms with Gasteiger partial charge in [-0.1, -0.05) is 121 Å². The van der Waals surface area contributed by atoms with Crippen molar-refractivity contribution in [1.29, 1.82) is 0 Å². The summed E-state index contributed by atoms with van der Waals surface area (Å²) in [5, 5.41) is 15.8. The third-order valence-electron chi connectivity index (χ3n) is 12.4. The molecule has 4 saturated carbocycles. The Morgan fingerprint density at radius 1 is 0.659 bits per heavy atom. The van der Waals surface area contributed by atoms with E-state index in [2.05, 4.69) is 121 Å². The van der Waals surface area contributed by atoms with Gasteiger partial charge in [-0.15, -0.1) is 0 Å². The highest BCUT2D eigenvalue weighted by Crippen LogP contribution is 2.67. The van der Waals surface area contributed by atoms with Gasteiger partial charge in [-0.2, -0.15) is 0 Å². The predicted octanol–water partition coefficient (Wildman–Crippen LogP) is 6.82. The summed E-state index contributed by atoms with van der Waals surface area (Å²) in [5.41, 5.74) is 0.598. The number of aliphatic hydroxyl groups excluding tert-OH is 1. The summed E-state index contributed by atoms with van der Waals surface area (Å²) >= 11 is 4.07. The van der Waals surface area contributed by atoms with E-state index in [1.807, 2.05) is 0 Å². The molecule has 0 heterocycles. The number of fused-ring (bicyclic) bond motifs is 5. The Hall–Kier alpha value is -1.72. The maximum absolute atomic E-state index is 11.9. The van der Waals surface area contributed by atoms with Gasteiger partial charge in [0.15, 0.2) is 0 Å². The average molecular weight is 630 g/mol. The van der Waals surface area contributed by atoms with Crippen molar-refractivity contribution in [1.82, 2.24) is 0 Å². The van der Waals surface area contributed by atoms with E-state index < -0.39 is 8.32 Å². The fourth-order valence-corrected chi connectivity index (χ4v) is 15.2. The topological polar surface area (TPSA) is 29.5 Å². The van der Waals surface area contributed by atoms with Crippen LogP contribution in [0.5, 0.6) is 0 Å². The number of rotatable bonds is 5. The lowest BCUT2D eigenvalue weighted by molar-refractivity contribution is -0.164. The molecule has 9 atom stereocenters. The zero-order valence-corrected chi connectivity index (χ0v) is 27.2. The molecule has 0 aliphatic heterocycles. The Labute approximate surface area is 256 Å². The first-order valence-electron chi connectivity index (χ1n) is 16.0. The van der Waals surface area contributed by atoms with Crippen LogP contribution in [0.2, 0.25) is 0 Å². The normalized spacial score (nSPS) is 38.5. The lowest BCUT2D eigenvalue weighted by Crippen LogP contribution is -2.71. The molecule has 0 saturated heterocycles. The van der Waals surface area contributed by atoms with Crippen molar-refractivity contribution in [3.63, 3.8) is 0 Å². The minimum Gasteiger partial charge on any atom is -0.401 e. The van der Waals surface area contributed by atoms with E-state index in [1.165, 1.54) is 41.2 Å². The SMILES string of the molecule is C[C@]12CC[C@H]3[C@@H](C[C@@H](O)C4C[C@H](O[Si](c5ccccc5)(c5ccccc5)c5ccccc5)CC[C@@]43C)[C@@H]1CC[C@H]2Br. The zero-order valence-electron chi connectivity index (χ0n) is 24.6. The average Bonchev–Trinajstić information content (AvgIpc) is 3.32. The van der Waals surface area contributed by atoms with Crippen LogP contribution in [0, 0.1) is 34.5 Å². The second-order valence-electron chi connectivity index (χ2n) is 14.2. The van der Waals surface area contributed by atoms with E-state index in [4.69, 9.17) is 4.43 Å². The zero-order chi connectivity index (χ0) is 28.2. The third kappa shape index (κ3) is 4.46. The van der Waals surface area contributed by atoms with E-state index in [0.717, 1.165) is 37.5 Å². The molecule has 4 fully saturated rings. The number of halogens is 1. The molecule has 1 N–H and O–H groups in total. The van der Waals surface area contributed by atoms with Crippen molar-refractivity contribution >= 4 is 39.8 Å². The van der Waals surface area contributed by atoms with Crippen LogP contribution in [0.3, 0.4) is 0 Å². The summed E-state index contributed by atoms with van der Waals surface area (Å²) in [5.74, 6) is 2.45. The summed E-state index contributed by atoms with van der Waals surface area (Å²) in [7, 11) is -2.77. The third-order valence-corrected chi connectivity index (χ3v) is 18.0. The minimum atomic E-state index is -2.77. The summed E-state index contributed by atoms with van der Waals surface area (Å²) in [6, 6.07) is 32.9. The van der Waals surface area contributed by atoms with Gasteiger partial charge in [0.1, 0.15) is 0 Å². The highest BCUT2D eigenvalue weighted by Gasteiger charge is 2.62. The molecule has 4 aliphatic carbocycles. The number of aliphatic hydroxyl groups is 1. The monoisotopic (exact) mass is 628 g/mol. The molecule has 3 aromatic rings. The molecule has 4 aliphatic rings. The second-order valence-corrected chi connectivity index (χ2v) is 18.6. The quantitative estimate of drug-likeness (QED) is 0.191. The van der Waals surface area contributed by atoms with Crippen LogP contribution in [0.1, 0.15) is 65.2 Å². The van der Waals surface area contributed by atoms with Gasteiger partial charge in [0.2, 0.25) is 0 Å². The van der Waals surface area contributed by atoms with Gasteiger partial charge in [-0.3, -0.25) is 0 Å². The van der Waals surface area contributed by atoms with Crippen LogP contribution in [0.4, 0.5) is 0 Å². The maximum Gasteiger partial charge on any atom is 0.288 e. The fraction of sp³-hybridized carbons (Fsp3) is 0.514. The van der Waals surface area contributed by atoms with Crippen molar-refractivity contribution in [2.45, 2.75) is 82.2 Å². The molecule has 41 heavy (non-hydrogen) atoms. The maximum atomic E-state index is 11.9. The van der Waals surface area contributed by atoms with Crippen LogP contribution in [-0.2, 0) is 4.43 Å². The van der Waals surface area contributed by atoms with Crippen LogP contribution in [0.15, 0.2) is 91.0 Å². The summed E-state index contributed by atoms with van der Waals surface area (Å²) in [4.78, 5) is 0.639. The number of alkyl halides is 1. The molecule has 1 unspecified atom stereocenters. The van der Waals surface area contributed by atoms with Crippen molar-refractivity contribution in [3.8, 4) is 0 Å². The Morgan fingerprint density at radius 2 is 1.17 bits per heavy atom. The van der Waals surface area contributed by atoms with Crippen LogP contribution >= 0.6 is 15.9 Å². The Bertz CT molecular complexity index is 1240. The lowest BCUT2D eigenvalue weighted by atomic mass is 9.44. The van der Waals surface area contributed by atoms with Crippen LogP contribution in [0.25, 0.3) is 0 Å². The van der Waals surface area contributed by atoms with Gasteiger partial charge < -0.3 is 9.53 Å². The standard InChI is InChI=1S/C37H45BrO2Si/c1-36-22-20-26(24-33(36)34(39)25-30-31-18-19-35(38)37(31,2)23-21-32(30)36)40-41(27-12-6-3-7-13-27,28-14-8-4-9-15-28)29-16-10-5-11-17-29/h3-17,26,30-35,39H,18-25H2,1-2H3/t26-,30+,31+,32+,33?,34-,35-,36-,37+/m1/s1. The highest BCUT2D eigenvalue weighted by atomic mass is 79.9. The van der Waals surface area contributed by atoms with Crippen molar-refractivity contribution < 1.29 is 9.53 Å².